The van der Waals surface area contributed by atoms with Crippen molar-refractivity contribution in [3.63, 3.8) is 0 Å². The molecule has 0 aliphatic carbocycles. The number of anilines is 1. The highest BCUT2D eigenvalue weighted by atomic mass is 32.2. The van der Waals surface area contributed by atoms with Crippen molar-refractivity contribution >= 4 is 27.3 Å². The summed E-state index contributed by atoms with van der Waals surface area (Å²) in [6.07, 6.45) is 1.58. The maximum Gasteiger partial charge on any atom is 0.263 e. The number of nitrogens with one attached hydrogen (secondary N) is 1. The second kappa shape index (κ2) is 11.6. The largest absolute Gasteiger partial charge is 0.494 e. The third kappa shape index (κ3) is 6.61. The average Bonchev–Trinajstić information content (AvgIpc) is 2.79. The van der Waals surface area contributed by atoms with Crippen LogP contribution in [0.3, 0.4) is 0 Å². The van der Waals surface area contributed by atoms with Crippen molar-refractivity contribution in [2.45, 2.75) is 33.2 Å². The Balaban J connectivity index is 2.27. The van der Waals surface area contributed by atoms with Gasteiger partial charge in [-0.3, -0.25) is 9.10 Å². The van der Waals surface area contributed by atoms with E-state index in [-0.39, 0.29) is 0 Å². The van der Waals surface area contributed by atoms with Gasteiger partial charge in [0.1, 0.15) is 11.8 Å². The zero-order valence-corrected chi connectivity index (χ0v) is 20.6. The highest BCUT2D eigenvalue weighted by Gasteiger charge is 2.29. The molecule has 33 heavy (non-hydrogen) atoms. The normalized spacial score (nSPS) is 12.6. The Labute approximate surface area is 195 Å². The molecular formula is C23H31N3O6S. The summed E-state index contributed by atoms with van der Waals surface area (Å²) in [6.45, 7) is 5.75. The predicted molar refractivity (Wildman–Crippen MR) is 129 cm³/mol. The molecule has 0 aromatic heterocycles. The molecule has 0 unspecified atom stereocenters. The smallest absolute Gasteiger partial charge is 0.263 e. The molecule has 0 aliphatic heterocycles. The summed E-state index contributed by atoms with van der Waals surface area (Å²) in [5.74, 6) is 1.16. The Bertz CT molecular complexity index is 1080. The first-order valence-electron chi connectivity index (χ1n) is 10.5. The minimum absolute atomic E-state index is 0.350. The third-order valence-corrected chi connectivity index (χ3v) is 6.09. The van der Waals surface area contributed by atoms with Crippen molar-refractivity contribution in [2.75, 3.05) is 31.4 Å². The lowest BCUT2D eigenvalue weighted by Gasteiger charge is -2.27. The Morgan fingerprint density at radius 1 is 1.06 bits per heavy atom. The number of nitrogens with zero attached hydrogens (tertiary/aromatic N) is 2. The molecule has 2 rings (SSSR count). The molecule has 180 valence electrons. The van der Waals surface area contributed by atoms with Crippen molar-refractivity contribution < 1.29 is 27.4 Å². The molecule has 0 radical (unpaired) electrons. The molecule has 1 N–H and O–H groups in total. The number of carbonyl (C=O) groups excluding carboxylic acids is 1. The van der Waals surface area contributed by atoms with E-state index in [4.69, 9.17) is 14.2 Å². The van der Waals surface area contributed by atoms with Crippen LogP contribution >= 0.6 is 0 Å². The van der Waals surface area contributed by atoms with Crippen LogP contribution in [0, 0.1) is 0 Å². The quantitative estimate of drug-likeness (QED) is 0.394. The average molecular weight is 478 g/mol. The summed E-state index contributed by atoms with van der Waals surface area (Å²) >= 11 is 0. The summed E-state index contributed by atoms with van der Waals surface area (Å²) in [5.41, 5.74) is 4.19. The Morgan fingerprint density at radius 3 is 2.21 bits per heavy atom. The second-order valence-electron chi connectivity index (χ2n) is 7.12. The van der Waals surface area contributed by atoms with Gasteiger partial charge in [-0.25, -0.2) is 13.8 Å². The van der Waals surface area contributed by atoms with Gasteiger partial charge in [-0.15, -0.1) is 0 Å². The van der Waals surface area contributed by atoms with Crippen LogP contribution in [0.5, 0.6) is 17.2 Å². The summed E-state index contributed by atoms with van der Waals surface area (Å²) < 4.78 is 42.0. The lowest BCUT2D eigenvalue weighted by Crippen LogP contribution is -2.47. The van der Waals surface area contributed by atoms with Crippen LogP contribution in [0.25, 0.3) is 0 Å². The summed E-state index contributed by atoms with van der Waals surface area (Å²) in [6, 6.07) is 10.8. The van der Waals surface area contributed by atoms with E-state index < -0.39 is 22.0 Å². The van der Waals surface area contributed by atoms with Gasteiger partial charge in [0.15, 0.2) is 11.5 Å². The number of benzene rings is 2. The topological polar surface area (TPSA) is 107 Å². The van der Waals surface area contributed by atoms with Gasteiger partial charge in [-0.1, -0.05) is 6.92 Å². The number of rotatable bonds is 11. The van der Waals surface area contributed by atoms with Gasteiger partial charge in [0.25, 0.3) is 5.91 Å². The number of sulfonamides is 1. The molecular weight excluding hydrogens is 446 g/mol. The number of hydrazone groups is 1. The first kappa shape index (κ1) is 26.0. The summed E-state index contributed by atoms with van der Waals surface area (Å²) in [4.78, 5) is 12.9. The van der Waals surface area contributed by atoms with Gasteiger partial charge in [0, 0.05) is 5.56 Å². The van der Waals surface area contributed by atoms with Crippen molar-refractivity contribution in [1.29, 1.82) is 0 Å². The molecule has 0 bridgehead atoms. The van der Waals surface area contributed by atoms with Gasteiger partial charge in [0.2, 0.25) is 10.0 Å². The zero-order chi connectivity index (χ0) is 24.6. The number of carbonyl (C=O) groups is 1. The zero-order valence-electron chi connectivity index (χ0n) is 19.8. The fourth-order valence-corrected chi connectivity index (χ4v) is 4.42. The number of amides is 1. The van der Waals surface area contributed by atoms with Gasteiger partial charge < -0.3 is 14.2 Å². The molecule has 1 atom stereocenters. The second-order valence-corrected chi connectivity index (χ2v) is 8.98. The molecule has 0 aliphatic rings. The fourth-order valence-electron chi connectivity index (χ4n) is 3.24. The molecule has 2 aromatic carbocycles. The van der Waals surface area contributed by atoms with Crippen LogP contribution in [0.15, 0.2) is 47.6 Å². The fraction of sp³-hybridized carbons (Fsp3) is 0.391. The van der Waals surface area contributed by atoms with Gasteiger partial charge in [0.05, 0.1) is 38.5 Å². The van der Waals surface area contributed by atoms with E-state index >= 15 is 0 Å². The van der Waals surface area contributed by atoms with E-state index in [9.17, 15) is 13.2 Å². The number of ether oxygens (including phenoxy) is 3. The first-order chi connectivity index (χ1) is 15.7. The van der Waals surface area contributed by atoms with Crippen molar-refractivity contribution in [2.24, 2.45) is 5.10 Å². The third-order valence-electron chi connectivity index (χ3n) is 4.84. The predicted octanol–water partition coefficient (Wildman–Crippen LogP) is 3.19. The lowest BCUT2D eigenvalue weighted by molar-refractivity contribution is -0.121. The van der Waals surface area contributed by atoms with Crippen molar-refractivity contribution in [3.8, 4) is 17.2 Å². The monoisotopic (exact) mass is 477 g/mol. The van der Waals surface area contributed by atoms with E-state index in [1.807, 2.05) is 19.9 Å². The van der Waals surface area contributed by atoms with E-state index in [1.165, 1.54) is 14.0 Å². The summed E-state index contributed by atoms with van der Waals surface area (Å²) in [5, 5.41) is 4.24. The Kier molecular flexibility index (Phi) is 9.10. The lowest BCUT2D eigenvalue weighted by atomic mass is 10.1. The molecule has 0 fully saturated rings. The van der Waals surface area contributed by atoms with Gasteiger partial charge in [-0.2, -0.15) is 5.10 Å². The van der Waals surface area contributed by atoms with Crippen molar-refractivity contribution in [1.82, 2.24) is 5.43 Å². The van der Waals surface area contributed by atoms with Crippen LogP contribution in [-0.2, 0) is 14.8 Å². The van der Waals surface area contributed by atoms with Crippen LogP contribution in [0.4, 0.5) is 5.69 Å². The van der Waals surface area contributed by atoms with Crippen LogP contribution in [0.2, 0.25) is 0 Å². The molecule has 9 nitrogen and oxygen atoms in total. The Hall–Kier alpha value is -3.27. The van der Waals surface area contributed by atoms with Gasteiger partial charge >= 0.3 is 0 Å². The minimum atomic E-state index is -3.75. The molecule has 0 saturated heterocycles. The van der Waals surface area contributed by atoms with E-state index in [0.29, 0.717) is 41.7 Å². The van der Waals surface area contributed by atoms with Crippen LogP contribution in [0.1, 0.15) is 32.8 Å². The minimum Gasteiger partial charge on any atom is -0.494 e. The molecule has 0 spiro atoms. The van der Waals surface area contributed by atoms with Crippen molar-refractivity contribution in [3.05, 3.63) is 48.0 Å². The number of hydrogen-bond donors (Lipinski definition) is 1. The molecule has 2 aromatic rings. The van der Waals surface area contributed by atoms with E-state index in [2.05, 4.69) is 10.5 Å². The Morgan fingerprint density at radius 2 is 1.70 bits per heavy atom. The van der Waals surface area contributed by atoms with Gasteiger partial charge in [-0.05, 0) is 62.7 Å². The first-order valence-corrected chi connectivity index (χ1v) is 12.3. The molecule has 0 saturated carbocycles. The number of hydrogen-bond acceptors (Lipinski definition) is 7. The van der Waals surface area contributed by atoms with Crippen LogP contribution < -0.4 is 23.9 Å². The number of methoxy groups -OCH3 is 2. The highest BCUT2D eigenvalue weighted by Crippen LogP contribution is 2.28. The van der Waals surface area contributed by atoms with E-state index in [0.717, 1.165) is 16.1 Å². The standard InChI is InChI=1S/C23H31N3O6S/c1-7-20(17-9-14-21(30-4)22(15-17)31-5)24-25-23(27)16(3)26(33(6,28)29)18-10-12-19(13-11-18)32-8-2/h9-16H,7-8H2,1-6H3,(H,25,27)/t16-/m0/s1. The molecule has 0 heterocycles. The van der Waals surface area contributed by atoms with Crippen LogP contribution in [-0.4, -0.2) is 53.2 Å². The molecule has 10 heteroatoms. The van der Waals surface area contributed by atoms with E-state index in [1.54, 1.807) is 43.5 Å². The maximum atomic E-state index is 12.9. The molecule has 1 amide bonds. The summed E-state index contributed by atoms with van der Waals surface area (Å²) in [7, 11) is -0.664. The highest BCUT2D eigenvalue weighted by molar-refractivity contribution is 7.92. The maximum absolute atomic E-state index is 12.9. The SMILES string of the molecule is CCOc1ccc(N([C@@H](C)C(=O)NN=C(CC)c2ccc(OC)c(OC)c2)S(C)(=O)=O)cc1.